The smallest absolute Gasteiger partial charge is 0.217 e. The van der Waals surface area contributed by atoms with E-state index in [9.17, 15) is 9.59 Å². The van der Waals surface area contributed by atoms with E-state index in [0.717, 1.165) is 0 Å². The number of ether oxygens (including phenoxy) is 2. The molecular formula is C13H17NO4. The number of amides is 1. The number of methoxy groups -OCH3 is 2. The Morgan fingerprint density at radius 1 is 1.17 bits per heavy atom. The highest BCUT2D eigenvalue weighted by Gasteiger charge is 2.17. The fraction of sp³-hybridized carbons (Fsp3) is 0.385. The average Bonchev–Trinajstić information content (AvgIpc) is 2.36. The summed E-state index contributed by atoms with van der Waals surface area (Å²) in [6.07, 6.45) is 0. The minimum Gasteiger partial charge on any atom is -0.493 e. The lowest BCUT2D eigenvalue weighted by atomic mass is 10.0. The second-order valence-corrected chi connectivity index (χ2v) is 3.86. The van der Waals surface area contributed by atoms with Crippen LogP contribution in [0.1, 0.15) is 24.2 Å². The first-order chi connectivity index (χ1) is 8.49. The Morgan fingerprint density at radius 3 is 2.28 bits per heavy atom. The lowest BCUT2D eigenvalue weighted by molar-refractivity contribution is -0.119. The topological polar surface area (TPSA) is 64.6 Å². The van der Waals surface area contributed by atoms with Crippen LogP contribution >= 0.6 is 0 Å². The van der Waals surface area contributed by atoms with E-state index >= 15 is 0 Å². The first kappa shape index (κ1) is 14.0. The number of benzene rings is 1. The molecule has 5 nitrogen and oxygen atoms in total. The number of carbonyl (C=O) groups excluding carboxylic acids is 2. The molecule has 1 aromatic carbocycles. The number of hydrogen-bond acceptors (Lipinski definition) is 4. The van der Waals surface area contributed by atoms with Gasteiger partial charge in [-0.3, -0.25) is 9.59 Å². The van der Waals surface area contributed by atoms with Crippen LogP contribution < -0.4 is 14.8 Å². The SMILES string of the molecule is COc1ccc(C(=O)C(C)NC(C)=O)cc1OC. The number of ketones is 1. The molecule has 0 aliphatic heterocycles. The average molecular weight is 251 g/mol. The predicted octanol–water partition coefficient (Wildman–Crippen LogP) is 1.41. The molecule has 98 valence electrons. The number of hydrogen-bond donors (Lipinski definition) is 1. The van der Waals surface area contributed by atoms with Crippen LogP contribution in [0.25, 0.3) is 0 Å². The number of nitrogens with one attached hydrogen (secondary N) is 1. The maximum absolute atomic E-state index is 12.0. The summed E-state index contributed by atoms with van der Waals surface area (Å²) in [5.74, 6) is 0.627. The van der Waals surface area contributed by atoms with E-state index in [4.69, 9.17) is 9.47 Å². The van der Waals surface area contributed by atoms with Gasteiger partial charge in [0.05, 0.1) is 20.3 Å². The molecule has 5 heteroatoms. The molecule has 18 heavy (non-hydrogen) atoms. The van der Waals surface area contributed by atoms with Crippen LogP contribution in [-0.4, -0.2) is 32.0 Å². The summed E-state index contributed by atoms with van der Waals surface area (Å²) in [6, 6.07) is 4.33. The summed E-state index contributed by atoms with van der Waals surface area (Å²) in [5.41, 5.74) is 0.467. The van der Waals surface area contributed by atoms with Crippen molar-refractivity contribution in [2.75, 3.05) is 14.2 Å². The van der Waals surface area contributed by atoms with Gasteiger partial charge in [-0.15, -0.1) is 0 Å². The molecule has 0 spiro atoms. The van der Waals surface area contributed by atoms with E-state index in [1.165, 1.54) is 21.1 Å². The van der Waals surface area contributed by atoms with Gasteiger partial charge in [0.1, 0.15) is 0 Å². The standard InChI is InChI=1S/C13H17NO4/c1-8(14-9(2)15)13(16)10-5-6-11(17-3)12(7-10)18-4/h5-8H,1-4H3,(H,14,15). The van der Waals surface area contributed by atoms with E-state index in [1.807, 2.05) is 0 Å². The largest absolute Gasteiger partial charge is 0.493 e. The molecule has 0 bridgehead atoms. The molecule has 0 fully saturated rings. The quantitative estimate of drug-likeness (QED) is 0.804. The zero-order valence-corrected chi connectivity index (χ0v) is 10.9. The maximum Gasteiger partial charge on any atom is 0.217 e. The summed E-state index contributed by atoms with van der Waals surface area (Å²) >= 11 is 0. The van der Waals surface area contributed by atoms with Crippen molar-refractivity contribution in [1.29, 1.82) is 0 Å². The summed E-state index contributed by atoms with van der Waals surface area (Å²) in [4.78, 5) is 22.9. The Balaban J connectivity index is 2.96. The molecule has 1 rings (SSSR count). The molecule has 1 N–H and O–H groups in total. The van der Waals surface area contributed by atoms with Gasteiger partial charge >= 0.3 is 0 Å². The van der Waals surface area contributed by atoms with E-state index in [2.05, 4.69) is 5.32 Å². The fourth-order valence-corrected chi connectivity index (χ4v) is 1.61. The van der Waals surface area contributed by atoms with Crippen molar-refractivity contribution in [3.8, 4) is 11.5 Å². The van der Waals surface area contributed by atoms with Crippen LogP contribution in [0.15, 0.2) is 18.2 Å². The zero-order valence-electron chi connectivity index (χ0n) is 10.9. The van der Waals surface area contributed by atoms with Gasteiger partial charge in [0.2, 0.25) is 5.91 Å². The highest BCUT2D eigenvalue weighted by Crippen LogP contribution is 2.27. The third-order valence-electron chi connectivity index (χ3n) is 2.48. The molecule has 0 aromatic heterocycles. The molecule has 0 saturated heterocycles. The van der Waals surface area contributed by atoms with Crippen molar-refractivity contribution < 1.29 is 19.1 Å². The number of carbonyl (C=O) groups is 2. The van der Waals surface area contributed by atoms with Crippen LogP contribution in [0.3, 0.4) is 0 Å². The molecule has 1 aromatic rings. The number of rotatable bonds is 5. The Kier molecular flexibility index (Phi) is 4.71. The summed E-state index contributed by atoms with van der Waals surface area (Å²) in [7, 11) is 3.03. The van der Waals surface area contributed by atoms with E-state index in [1.54, 1.807) is 25.1 Å². The Morgan fingerprint density at radius 2 is 1.78 bits per heavy atom. The van der Waals surface area contributed by atoms with E-state index in [-0.39, 0.29) is 11.7 Å². The van der Waals surface area contributed by atoms with Crippen LogP contribution in [0, 0.1) is 0 Å². The van der Waals surface area contributed by atoms with Crippen molar-refractivity contribution in [3.63, 3.8) is 0 Å². The molecule has 1 atom stereocenters. The van der Waals surface area contributed by atoms with Gasteiger partial charge in [-0.05, 0) is 25.1 Å². The second-order valence-electron chi connectivity index (χ2n) is 3.86. The predicted molar refractivity (Wildman–Crippen MR) is 67.2 cm³/mol. The Bertz CT molecular complexity index is 456. The Hall–Kier alpha value is -2.04. The highest BCUT2D eigenvalue weighted by molar-refractivity contribution is 6.01. The minimum absolute atomic E-state index is 0.175. The first-order valence-electron chi connectivity index (χ1n) is 5.53. The fourth-order valence-electron chi connectivity index (χ4n) is 1.61. The molecule has 0 heterocycles. The van der Waals surface area contributed by atoms with Crippen LogP contribution in [0.5, 0.6) is 11.5 Å². The molecule has 0 aliphatic rings. The normalized spacial score (nSPS) is 11.6. The third kappa shape index (κ3) is 3.23. The summed E-state index contributed by atoms with van der Waals surface area (Å²) < 4.78 is 10.2. The summed E-state index contributed by atoms with van der Waals surface area (Å²) in [6.45, 7) is 3.01. The lowest BCUT2D eigenvalue weighted by Crippen LogP contribution is -2.37. The molecule has 1 amide bonds. The molecule has 1 unspecified atom stereocenters. The third-order valence-corrected chi connectivity index (χ3v) is 2.48. The first-order valence-corrected chi connectivity index (χ1v) is 5.53. The van der Waals surface area contributed by atoms with Crippen molar-refractivity contribution in [2.24, 2.45) is 0 Å². The lowest BCUT2D eigenvalue weighted by Gasteiger charge is -2.13. The van der Waals surface area contributed by atoms with Gasteiger partial charge in [0.15, 0.2) is 17.3 Å². The van der Waals surface area contributed by atoms with Crippen molar-refractivity contribution >= 4 is 11.7 Å². The van der Waals surface area contributed by atoms with Gasteiger partial charge in [-0.25, -0.2) is 0 Å². The molecule has 0 radical (unpaired) electrons. The summed E-state index contributed by atoms with van der Waals surface area (Å²) in [5, 5.41) is 2.55. The van der Waals surface area contributed by atoms with Crippen molar-refractivity contribution in [3.05, 3.63) is 23.8 Å². The molecular weight excluding hydrogens is 234 g/mol. The van der Waals surface area contributed by atoms with Gasteiger partial charge < -0.3 is 14.8 Å². The zero-order chi connectivity index (χ0) is 13.7. The van der Waals surface area contributed by atoms with Gasteiger partial charge in [0, 0.05) is 12.5 Å². The van der Waals surface area contributed by atoms with E-state index < -0.39 is 6.04 Å². The Labute approximate surface area is 106 Å². The van der Waals surface area contributed by atoms with Crippen LogP contribution in [-0.2, 0) is 4.79 Å². The van der Waals surface area contributed by atoms with Crippen LogP contribution in [0.4, 0.5) is 0 Å². The number of Topliss-reactive ketones (excluding diaryl/α,β-unsaturated/α-hetero) is 1. The molecule has 0 saturated carbocycles. The van der Waals surface area contributed by atoms with E-state index in [0.29, 0.717) is 17.1 Å². The molecule has 0 aliphatic carbocycles. The highest BCUT2D eigenvalue weighted by atomic mass is 16.5. The minimum atomic E-state index is -0.569. The maximum atomic E-state index is 12.0. The van der Waals surface area contributed by atoms with Gasteiger partial charge in [-0.2, -0.15) is 0 Å². The second kappa shape index (κ2) is 6.05. The van der Waals surface area contributed by atoms with Gasteiger partial charge in [-0.1, -0.05) is 0 Å². The van der Waals surface area contributed by atoms with Crippen molar-refractivity contribution in [1.82, 2.24) is 5.32 Å². The van der Waals surface area contributed by atoms with Crippen LogP contribution in [0.2, 0.25) is 0 Å². The monoisotopic (exact) mass is 251 g/mol. The van der Waals surface area contributed by atoms with Gasteiger partial charge in [0.25, 0.3) is 0 Å². The van der Waals surface area contributed by atoms with Crippen molar-refractivity contribution in [2.45, 2.75) is 19.9 Å².